The van der Waals surface area contributed by atoms with E-state index >= 15 is 0 Å². The normalized spacial score (nSPS) is 14.6. The topological polar surface area (TPSA) is 96.0 Å². The van der Waals surface area contributed by atoms with Gasteiger partial charge in [-0.3, -0.25) is 8.98 Å². The van der Waals surface area contributed by atoms with Gasteiger partial charge in [0.05, 0.1) is 14.2 Å². The minimum absolute atomic E-state index is 0.866. The number of carbonyl (C=O) groups excluding carboxylic acids is 1. The lowest BCUT2D eigenvalue weighted by molar-refractivity contribution is -0.140. The van der Waals surface area contributed by atoms with Crippen molar-refractivity contribution in [3.05, 3.63) is 0 Å². The molecule has 9 heteroatoms. The molecular formula is C5H10O7PS+. The molecule has 82 valence electrons. The van der Waals surface area contributed by atoms with Crippen molar-refractivity contribution in [2.24, 2.45) is 0 Å². The summed E-state index contributed by atoms with van der Waals surface area (Å²) >= 11 is 0. The summed E-state index contributed by atoms with van der Waals surface area (Å²) < 4.78 is 45.8. The Morgan fingerprint density at radius 1 is 1.36 bits per heavy atom. The van der Waals surface area contributed by atoms with Crippen LogP contribution in [0.4, 0.5) is 0 Å². The first-order chi connectivity index (χ1) is 6.35. The van der Waals surface area contributed by atoms with Crippen LogP contribution in [-0.4, -0.2) is 33.8 Å². The number of esters is 1. The molecule has 0 rings (SSSR count). The second kappa shape index (κ2) is 5.35. The van der Waals surface area contributed by atoms with Crippen LogP contribution in [0, 0.1) is 0 Å². The van der Waals surface area contributed by atoms with Gasteiger partial charge in [-0.2, -0.15) is 8.42 Å². The van der Waals surface area contributed by atoms with Crippen molar-refractivity contribution in [3.63, 3.8) is 0 Å². The smallest absolute Gasteiger partial charge is 0.400 e. The maximum absolute atomic E-state index is 11.1. The van der Waals surface area contributed by atoms with Crippen molar-refractivity contribution in [1.82, 2.24) is 0 Å². The van der Waals surface area contributed by atoms with Gasteiger partial charge in [-0.1, -0.05) is 0 Å². The van der Waals surface area contributed by atoms with Crippen LogP contribution in [0.2, 0.25) is 0 Å². The number of hydrogen-bond donors (Lipinski definition) is 0. The van der Waals surface area contributed by atoms with Crippen molar-refractivity contribution in [1.29, 1.82) is 0 Å². The summed E-state index contributed by atoms with van der Waals surface area (Å²) in [6, 6.07) is 0. The zero-order valence-electron chi connectivity index (χ0n) is 7.79. The highest BCUT2D eigenvalue weighted by Gasteiger charge is 2.48. The molecule has 0 aliphatic rings. The molecule has 0 N–H and O–H groups in total. The SMILES string of the molecule is CO[P+](=O)C(OC(C)=O)S(=O)(=O)OC. The molecule has 2 unspecified atom stereocenters. The highest BCUT2D eigenvalue weighted by Crippen LogP contribution is 2.33. The number of carbonyl (C=O) groups is 1. The molecule has 0 spiro atoms. The first-order valence-electron chi connectivity index (χ1n) is 3.32. The van der Waals surface area contributed by atoms with E-state index in [0.717, 1.165) is 21.1 Å². The summed E-state index contributed by atoms with van der Waals surface area (Å²) in [5, 5.41) is -1.93. The van der Waals surface area contributed by atoms with Gasteiger partial charge in [0, 0.05) is 6.92 Å². The van der Waals surface area contributed by atoms with E-state index in [1.807, 2.05) is 0 Å². The largest absolute Gasteiger partial charge is 0.573 e. The van der Waals surface area contributed by atoms with Gasteiger partial charge >= 0.3 is 29.3 Å². The maximum Gasteiger partial charge on any atom is 0.573 e. The molecule has 0 bridgehead atoms. The van der Waals surface area contributed by atoms with E-state index in [4.69, 9.17) is 0 Å². The molecule has 0 saturated carbocycles. The van der Waals surface area contributed by atoms with Crippen LogP contribution in [0.15, 0.2) is 0 Å². The predicted molar refractivity (Wildman–Crippen MR) is 46.1 cm³/mol. The van der Waals surface area contributed by atoms with Crippen LogP contribution < -0.4 is 0 Å². The van der Waals surface area contributed by atoms with E-state index in [1.165, 1.54) is 0 Å². The van der Waals surface area contributed by atoms with Gasteiger partial charge in [0.15, 0.2) is 0 Å². The van der Waals surface area contributed by atoms with Gasteiger partial charge in [-0.05, 0) is 4.57 Å². The van der Waals surface area contributed by atoms with Gasteiger partial charge in [0.2, 0.25) is 0 Å². The Morgan fingerprint density at radius 2 is 1.86 bits per heavy atom. The van der Waals surface area contributed by atoms with E-state index < -0.39 is 29.3 Å². The zero-order valence-corrected chi connectivity index (χ0v) is 9.50. The molecule has 14 heavy (non-hydrogen) atoms. The Hall–Kier alpha value is -0.560. The molecular weight excluding hydrogens is 235 g/mol. The quantitative estimate of drug-likeness (QED) is 0.387. The van der Waals surface area contributed by atoms with E-state index in [-0.39, 0.29) is 0 Å². The van der Waals surface area contributed by atoms with Gasteiger partial charge < -0.3 is 4.74 Å². The summed E-state index contributed by atoms with van der Waals surface area (Å²) in [7, 11) is -5.00. The fourth-order valence-corrected chi connectivity index (χ4v) is 2.70. The third-order valence-electron chi connectivity index (χ3n) is 1.10. The van der Waals surface area contributed by atoms with Gasteiger partial charge in [0.1, 0.15) is 0 Å². The molecule has 0 aromatic rings. The van der Waals surface area contributed by atoms with Crippen molar-refractivity contribution in [2.75, 3.05) is 14.2 Å². The molecule has 0 aliphatic carbocycles. The van der Waals surface area contributed by atoms with E-state index in [2.05, 4.69) is 13.4 Å². The average molecular weight is 245 g/mol. The van der Waals surface area contributed by atoms with Gasteiger partial charge in [-0.15, -0.1) is 4.52 Å². The van der Waals surface area contributed by atoms with Gasteiger partial charge in [-0.25, -0.2) is 0 Å². The number of rotatable bonds is 5. The van der Waals surface area contributed by atoms with Crippen LogP contribution in [0.1, 0.15) is 6.92 Å². The molecule has 0 aliphatic heterocycles. The van der Waals surface area contributed by atoms with Crippen molar-refractivity contribution in [2.45, 2.75) is 12.1 Å². The fraction of sp³-hybridized carbons (Fsp3) is 0.800. The summed E-state index contributed by atoms with van der Waals surface area (Å²) in [5.41, 5.74) is 0. The molecule has 0 fully saturated rings. The standard InChI is InChI=1S/C5H10O7PS/c1-4(6)12-5(13(7)10-2)14(8,9)11-3/h5H,1-3H3/q+1. The lowest BCUT2D eigenvalue weighted by atomic mass is 10.8. The van der Waals surface area contributed by atoms with Crippen LogP contribution >= 0.6 is 8.03 Å². The second-order valence-corrected chi connectivity index (χ2v) is 5.55. The summed E-state index contributed by atoms with van der Waals surface area (Å²) in [6.45, 7) is 0.983. The third-order valence-corrected chi connectivity index (χ3v) is 4.25. The minimum atomic E-state index is -4.22. The Labute approximate surface area is 82.3 Å². The van der Waals surface area contributed by atoms with E-state index in [1.54, 1.807) is 0 Å². The van der Waals surface area contributed by atoms with Crippen LogP contribution in [0.5, 0.6) is 0 Å². The molecule has 0 radical (unpaired) electrons. The number of ether oxygens (including phenoxy) is 1. The first-order valence-corrected chi connectivity index (χ1v) is 6.04. The van der Waals surface area contributed by atoms with E-state index in [0.29, 0.717) is 0 Å². The Kier molecular flexibility index (Phi) is 5.14. The Bertz CT molecular complexity index is 321. The summed E-state index contributed by atoms with van der Waals surface area (Å²) in [5.74, 6) is -0.893. The Morgan fingerprint density at radius 3 is 2.14 bits per heavy atom. The van der Waals surface area contributed by atoms with Crippen LogP contribution in [-0.2, 0) is 32.9 Å². The molecule has 2 atom stereocenters. The maximum atomic E-state index is 11.1. The van der Waals surface area contributed by atoms with Crippen molar-refractivity contribution >= 4 is 24.1 Å². The van der Waals surface area contributed by atoms with Crippen molar-refractivity contribution < 1.29 is 31.2 Å². The monoisotopic (exact) mass is 245 g/mol. The molecule has 7 nitrogen and oxygen atoms in total. The molecule has 0 saturated heterocycles. The molecule has 0 aromatic heterocycles. The number of hydrogen-bond acceptors (Lipinski definition) is 7. The average Bonchev–Trinajstić information content (AvgIpc) is 2.12. The Balaban J connectivity index is 4.91. The van der Waals surface area contributed by atoms with Crippen LogP contribution in [0.3, 0.4) is 0 Å². The predicted octanol–water partition coefficient (Wildman–Crippen LogP) is 0.198. The zero-order chi connectivity index (χ0) is 11.4. The van der Waals surface area contributed by atoms with Gasteiger partial charge in [0.25, 0.3) is 0 Å². The van der Waals surface area contributed by atoms with Crippen LogP contribution in [0.25, 0.3) is 0 Å². The first kappa shape index (κ1) is 13.4. The summed E-state index contributed by atoms with van der Waals surface area (Å²) in [6.07, 6.45) is 0. The fourth-order valence-electron chi connectivity index (χ4n) is 0.518. The minimum Gasteiger partial charge on any atom is -0.400 e. The second-order valence-electron chi connectivity index (χ2n) is 2.04. The van der Waals surface area contributed by atoms with E-state index in [9.17, 15) is 17.8 Å². The molecule has 0 heterocycles. The third kappa shape index (κ3) is 3.67. The highest BCUT2D eigenvalue weighted by atomic mass is 32.2. The highest BCUT2D eigenvalue weighted by molar-refractivity contribution is 7.92. The summed E-state index contributed by atoms with van der Waals surface area (Å²) in [4.78, 5) is 10.5. The molecule has 0 amide bonds. The lowest BCUT2D eigenvalue weighted by Crippen LogP contribution is -2.24. The molecule has 0 aromatic carbocycles. The lowest BCUT2D eigenvalue weighted by Gasteiger charge is -2.04. The van der Waals surface area contributed by atoms with Crippen molar-refractivity contribution in [3.8, 4) is 0 Å².